The van der Waals surface area contributed by atoms with Gasteiger partial charge in [0.25, 0.3) is 0 Å². The number of fused-ring (bicyclic) bond motifs is 1. The first-order valence-corrected chi connectivity index (χ1v) is 7.87. The minimum absolute atomic E-state index is 0.360. The van der Waals surface area contributed by atoms with E-state index in [1.807, 2.05) is 25.1 Å². The van der Waals surface area contributed by atoms with Gasteiger partial charge in [-0.05, 0) is 32.4 Å². The van der Waals surface area contributed by atoms with Gasteiger partial charge in [0.15, 0.2) is 0 Å². The van der Waals surface area contributed by atoms with Crippen LogP contribution in [0.3, 0.4) is 0 Å². The van der Waals surface area contributed by atoms with E-state index < -0.39 is 15.3 Å². The summed E-state index contributed by atoms with van der Waals surface area (Å²) in [5.41, 5.74) is 3.05. The molecule has 1 aromatic heterocycles. The molecule has 0 fully saturated rings. The first-order chi connectivity index (χ1) is 8.90. The molecule has 104 valence electrons. The van der Waals surface area contributed by atoms with Crippen LogP contribution in [0.2, 0.25) is 0 Å². The van der Waals surface area contributed by atoms with Crippen LogP contribution in [0.1, 0.15) is 25.2 Å². The predicted octanol–water partition coefficient (Wildman–Crippen LogP) is 1.74. The Morgan fingerprint density at radius 2 is 2.11 bits per heavy atom. The summed E-state index contributed by atoms with van der Waals surface area (Å²) in [6.45, 7) is 5.69. The molecular weight excluding hydrogens is 262 g/mol. The number of aryl methyl sites for hydroxylation is 1. The smallest absolute Gasteiger partial charge is 0.213 e. The molecule has 0 aliphatic heterocycles. The van der Waals surface area contributed by atoms with E-state index in [4.69, 9.17) is 0 Å². The third-order valence-electron chi connectivity index (χ3n) is 3.05. The van der Waals surface area contributed by atoms with Crippen molar-refractivity contribution in [3.63, 3.8) is 0 Å². The molecule has 5 nitrogen and oxygen atoms in total. The van der Waals surface area contributed by atoms with Gasteiger partial charge in [0.2, 0.25) is 10.0 Å². The van der Waals surface area contributed by atoms with Gasteiger partial charge in [-0.2, -0.15) is 0 Å². The molecule has 2 rings (SSSR count). The van der Waals surface area contributed by atoms with Crippen LogP contribution >= 0.6 is 0 Å². The van der Waals surface area contributed by atoms with E-state index in [9.17, 15) is 8.42 Å². The van der Waals surface area contributed by atoms with E-state index in [0.29, 0.717) is 13.0 Å². The number of benzene rings is 1. The molecule has 0 saturated carbocycles. The molecule has 0 aliphatic carbocycles. The molecule has 0 bridgehead atoms. The largest absolute Gasteiger partial charge is 0.342 e. The molecule has 19 heavy (non-hydrogen) atoms. The van der Waals surface area contributed by atoms with Gasteiger partial charge in [0.1, 0.15) is 5.82 Å². The Morgan fingerprint density at radius 1 is 1.37 bits per heavy atom. The van der Waals surface area contributed by atoms with E-state index in [0.717, 1.165) is 22.4 Å². The number of hydrogen-bond donors (Lipinski definition) is 2. The fraction of sp³-hybridized carbons (Fsp3) is 0.462. The third-order valence-corrected chi connectivity index (χ3v) is 4.90. The zero-order chi connectivity index (χ0) is 14.0. The Kier molecular flexibility index (Phi) is 3.91. The average molecular weight is 281 g/mol. The van der Waals surface area contributed by atoms with Crippen LogP contribution in [0.15, 0.2) is 18.2 Å². The number of aromatic amines is 1. The number of H-pyrrole nitrogens is 1. The maximum Gasteiger partial charge on any atom is 0.213 e. The van der Waals surface area contributed by atoms with Gasteiger partial charge in [-0.25, -0.2) is 18.1 Å². The summed E-state index contributed by atoms with van der Waals surface area (Å²) < 4.78 is 25.8. The molecule has 2 aromatic rings. The fourth-order valence-corrected chi connectivity index (χ4v) is 2.54. The van der Waals surface area contributed by atoms with Gasteiger partial charge in [0, 0.05) is 13.0 Å². The molecule has 0 aliphatic rings. The minimum Gasteiger partial charge on any atom is -0.342 e. The van der Waals surface area contributed by atoms with E-state index in [-0.39, 0.29) is 0 Å². The summed E-state index contributed by atoms with van der Waals surface area (Å²) in [4.78, 5) is 7.69. The minimum atomic E-state index is -3.20. The van der Waals surface area contributed by atoms with Crippen LogP contribution in [0.25, 0.3) is 11.0 Å². The monoisotopic (exact) mass is 281 g/mol. The van der Waals surface area contributed by atoms with Crippen molar-refractivity contribution in [2.75, 3.05) is 6.54 Å². The Morgan fingerprint density at radius 3 is 2.74 bits per heavy atom. The third kappa shape index (κ3) is 3.13. The molecule has 0 amide bonds. The fourth-order valence-electron chi connectivity index (χ4n) is 1.82. The molecule has 0 spiro atoms. The predicted molar refractivity (Wildman–Crippen MR) is 76.6 cm³/mol. The number of hydrogen-bond acceptors (Lipinski definition) is 3. The quantitative estimate of drug-likeness (QED) is 0.876. The summed E-state index contributed by atoms with van der Waals surface area (Å²) in [7, 11) is -3.20. The van der Waals surface area contributed by atoms with Crippen molar-refractivity contribution in [3.05, 3.63) is 29.6 Å². The second-order valence-electron chi connectivity index (χ2n) is 4.89. The Balaban J connectivity index is 2.05. The summed E-state index contributed by atoms with van der Waals surface area (Å²) in [5, 5.41) is -0.412. The maximum atomic E-state index is 11.6. The first-order valence-electron chi connectivity index (χ1n) is 6.33. The lowest BCUT2D eigenvalue weighted by Crippen LogP contribution is -2.32. The summed E-state index contributed by atoms with van der Waals surface area (Å²) in [5.74, 6) is 0.802. The Labute approximate surface area is 113 Å². The number of sulfonamides is 1. The average Bonchev–Trinajstić information content (AvgIpc) is 2.73. The highest BCUT2D eigenvalue weighted by molar-refractivity contribution is 7.90. The SMILES string of the molecule is Cc1cccc2[nH]c(CCNS(=O)(=O)C(C)C)nc12. The highest BCUT2D eigenvalue weighted by Gasteiger charge is 2.14. The van der Waals surface area contributed by atoms with Crippen LogP contribution in [0.5, 0.6) is 0 Å². The number of aromatic nitrogens is 2. The lowest BCUT2D eigenvalue weighted by Gasteiger charge is -2.08. The van der Waals surface area contributed by atoms with E-state index in [2.05, 4.69) is 14.7 Å². The first kappa shape index (κ1) is 14.0. The van der Waals surface area contributed by atoms with Crippen molar-refractivity contribution in [2.24, 2.45) is 0 Å². The van der Waals surface area contributed by atoms with Crippen molar-refractivity contribution in [1.82, 2.24) is 14.7 Å². The van der Waals surface area contributed by atoms with Crippen molar-refractivity contribution in [3.8, 4) is 0 Å². The molecule has 0 atom stereocenters. The lowest BCUT2D eigenvalue weighted by molar-refractivity contribution is 0.572. The van der Waals surface area contributed by atoms with Crippen molar-refractivity contribution < 1.29 is 8.42 Å². The normalized spacial score (nSPS) is 12.4. The molecule has 1 heterocycles. The molecule has 2 N–H and O–H groups in total. The Hall–Kier alpha value is -1.40. The van der Waals surface area contributed by atoms with Crippen molar-refractivity contribution in [1.29, 1.82) is 0 Å². The Bertz CT molecular complexity index is 674. The number of rotatable bonds is 5. The van der Waals surface area contributed by atoms with E-state index in [1.54, 1.807) is 13.8 Å². The lowest BCUT2D eigenvalue weighted by atomic mass is 10.2. The topological polar surface area (TPSA) is 74.8 Å². The van der Waals surface area contributed by atoms with E-state index >= 15 is 0 Å². The van der Waals surface area contributed by atoms with Crippen LogP contribution in [-0.2, 0) is 16.4 Å². The highest BCUT2D eigenvalue weighted by atomic mass is 32.2. The molecule has 6 heteroatoms. The zero-order valence-corrected chi connectivity index (χ0v) is 12.2. The van der Waals surface area contributed by atoms with Gasteiger partial charge in [-0.15, -0.1) is 0 Å². The molecule has 0 unspecified atom stereocenters. The van der Waals surface area contributed by atoms with Crippen LogP contribution < -0.4 is 4.72 Å². The highest BCUT2D eigenvalue weighted by Crippen LogP contribution is 2.15. The van der Waals surface area contributed by atoms with Crippen LogP contribution in [0.4, 0.5) is 0 Å². The second-order valence-corrected chi connectivity index (χ2v) is 7.21. The van der Waals surface area contributed by atoms with Crippen LogP contribution in [0, 0.1) is 6.92 Å². The number of nitrogens with one attached hydrogen (secondary N) is 2. The summed E-state index contributed by atoms with van der Waals surface area (Å²) >= 11 is 0. The van der Waals surface area contributed by atoms with Gasteiger partial charge in [0.05, 0.1) is 16.3 Å². The zero-order valence-electron chi connectivity index (χ0n) is 11.4. The molecule has 0 radical (unpaired) electrons. The number of imidazole rings is 1. The maximum absolute atomic E-state index is 11.6. The van der Waals surface area contributed by atoms with E-state index in [1.165, 1.54) is 0 Å². The summed E-state index contributed by atoms with van der Waals surface area (Å²) in [6, 6.07) is 5.95. The second kappa shape index (κ2) is 5.30. The standard InChI is InChI=1S/C13H19N3O2S/c1-9(2)19(17,18)14-8-7-12-15-11-6-4-5-10(3)13(11)16-12/h4-6,9,14H,7-8H2,1-3H3,(H,15,16). The molecular formula is C13H19N3O2S. The molecule has 1 aromatic carbocycles. The van der Waals surface area contributed by atoms with Gasteiger partial charge >= 0.3 is 0 Å². The van der Waals surface area contributed by atoms with Crippen molar-refractivity contribution in [2.45, 2.75) is 32.4 Å². The van der Waals surface area contributed by atoms with Gasteiger partial charge in [-0.1, -0.05) is 12.1 Å². The number of para-hydroxylation sites is 1. The van der Waals surface area contributed by atoms with Crippen molar-refractivity contribution >= 4 is 21.1 Å². The van der Waals surface area contributed by atoms with Crippen LogP contribution in [-0.4, -0.2) is 30.2 Å². The number of nitrogens with zero attached hydrogens (tertiary/aromatic N) is 1. The molecule has 0 saturated heterocycles. The summed E-state index contributed by atoms with van der Waals surface area (Å²) in [6.07, 6.45) is 0.556. The van der Waals surface area contributed by atoms with Gasteiger partial charge in [-0.3, -0.25) is 0 Å². The van der Waals surface area contributed by atoms with Gasteiger partial charge < -0.3 is 4.98 Å².